The van der Waals surface area contributed by atoms with Gasteiger partial charge in [0.05, 0.1) is 19.4 Å². The topological polar surface area (TPSA) is 78.4 Å². The van der Waals surface area contributed by atoms with Crippen LogP contribution >= 0.6 is 35.6 Å². The highest BCUT2D eigenvalue weighted by Gasteiger charge is 2.26. The lowest BCUT2D eigenvalue weighted by molar-refractivity contribution is -0.127. The summed E-state index contributed by atoms with van der Waals surface area (Å²) in [6.07, 6.45) is 1.99. The Bertz CT molecular complexity index is 759. The van der Waals surface area contributed by atoms with Crippen LogP contribution < -0.4 is 20.3 Å². The van der Waals surface area contributed by atoms with Crippen molar-refractivity contribution in [1.82, 2.24) is 15.5 Å². The van der Waals surface area contributed by atoms with Gasteiger partial charge < -0.3 is 29.9 Å². The summed E-state index contributed by atoms with van der Waals surface area (Å²) >= 11 is 6.20. The Morgan fingerprint density at radius 1 is 1.39 bits per heavy atom. The van der Waals surface area contributed by atoms with Crippen molar-refractivity contribution in [3.05, 3.63) is 23.2 Å². The lowest BCUT2D eigenvalue weighted by Crippen LogP contribution is -2.46. The molecule has 1 aromatic carbocycles. The molecule has 2 aliphatic rings. The lowest BCUT2D eigenvalue weighted by atomic mass is 10.1. The van der Waals surface area contributed by atoms with Gasteiger partial charge in [-0.15, -0.1) is 24.0 Å². The maximum Gasteiger partial charge on any atom is 0.243 e. The average Bonchev–Trinajstić information content (AvgIpc) is 3.41. The van der Waals surface area contributed by atoms with E-state index in [-0.39, 0.29) is 42.5 Å². The summed E-state index contributed by atoms with van der Waals surface area (Å²) in [6, 6.07) is 5.86. The van der Waals surface area contributed by atoms with E-state index in [0.717, 1.165) is 57.1 Å². The molecule has 0 radical (unpaired) electrons. The number of aliphatic imine (C=N–C) groups is 1. The number of benzene rings is 1. The molecule has 0 bridgehead atoms. The summed E-state index contributed by atoms with van der Waals surface area (Å²) in [6.45, 7) is 4.15. The Morgan fingerprint density at radius 3 is 2.87 bits per heavy atom. The SMILES string of the molecule is COc1ccc(Cl)cc1N1CCC(NC(=NCC(=O)N(C)C)NCC2CCOC2)C1.I. The first-order chi connectivity index (χ1) is 14.5. The van der Waals surface area contributed by atoms with Crippen LogP contribution in [0.1, 0.15) is 12.8 Å². The molecule has 31 heavy (non-hydrogen) atoms. The molecule has 1 aromatic rings. The van der Waals surface area contributed by atoms with Gasteiger partial charge in [0, 0.05) is 57.3 Å². The number of anilines is 1. The van der Waals surface area contributed by atoms with E-state index in [2.05, 4.69) is 20.5 Å². The normalized spacial score (nSPS) is 20.9. The quantitative estimate of drug-likeness (QED) is 0.300. The zero-order valence-electron chi connectivity index (χ0n) is 18.4. The fourth-order valence-corrected chi connectivity index (χ4v) is 3.79. The van der Waals surface area contributed by atoms with Crippen LogP contribution in [0.2, 0.25) is 5.02 Å². The van der Waals surface area contributed by atoms with Gasteiger partial charge in [-0.2, -0.15) is 0 Å². The molecule has 10 heteroatoms. The molecule has 0 aromatic heterocycles. The second kappa shape index (κ2) is 12.5. The number of hydrogen-bond donors (Lipinski definition) is 2. The maximum atomic E-state index is 12.0. The number of ether oxygens (including phenoxy) is 2. The molecule has 174 valence electrons. The van der Waals surface area contributed by atoms with E-state index < -0.39 is 0 Å². The van der Waals surface area contributed by atoms with Crippen molar-refractivity contribution in [2.24, 2.45) is 10.9 Å². The average molecular weight is 566 g/mol. The van der Waals surface area contributed by atoms with E-state index in [1.807, 2.05) is 18.2 Å². The van der Waals surface area contributed by atoms with E-state index in [4.69, 9.17) is 21.1 Å². The summed E-state index contributed by atoms with van der Waals surface area (Å²) in [4.78, 5) is 20.3. The minimum absolute atomic E-state index is 0. The predicted octanol–water partition coefficient (Wildman–Crippen LogP) is 2.21. The Morgan fingerprint density at radius 2 is 2.19 bits per heavy atom. The molecular formula is C21H33ClIN5O3. The number of carbonyl (C=O) groups excluding carboxylic acids is 1. The van der Waals surface area contributed by atoms with E-state index in [9.17, 15) is 4.79 Å². The Kier molecular flexibility index (Phi) is 10.4. The van der Waals surface area contributed by atoms with Crippen molar-refractivity contribution in [1.29, 1.82) is 0 Å². The third-order valence-electron chi connectivity index (χ3n) is 5.46. The highest BCUT2D eigenvalue weighted by atomic mass is 127. The standard InChI is InChI=1S/C21H32ClN5O3.HI/c1-26(2)20(28)12-24-21(23-11-15-7-9-30-14-15)25-17-6-8-27(13-17)18-10-16(22)4-5-19(18)29-3;/h4-5,10,15,17H,6-9,11-14H2,1-3H3,(H2,23,24,25);1H. The molecule has 0 saturated carbocycles. The summed E-state index contributed by atoms with van der Waals surface area (Å²) in [5, 5.41) is 7.58. The number of likely N-dealkylation sites (N-methyl/N-ethyl adjacent to an activating group) is 1. The van der Waals surface area contributed by atoms with Crippen LogP contribution in [0.25, 0.3) is 0 Å². The van der Waals surface area contributed by atoms with Gasteiger partial charge in [-0.25, -0.2) is 4.99 Å². The van der Waals surface area contributed by atoms with E-state index in [1.54, 1.807) is 26.1 Å². The van der Waals surface area contributed by atoms with E-state index in [0.29, 0.717) is 16.9 Å². The molecule has 0 spiro atoms. The minimum Gasteiger partial charge on any atom is -0.495 e. The Labute approximate surface area is 206 Å². The maximum absolute atomic E-state index is 12.0. The van der Waals surface area contributed by atoms with Crippen LogP contribution in [0, 0.1) is 5.92 Å². The van der Waals surface area contributed by atoms with Crippen molar-refractivity contribution in [3.63, 3.8) is 0 Å². The summed E-state index contributed by atoms with van der Waals surface area (Å²) < 4.78 is 11.0. The predicted molar refractivity (Wildman–Crippen MR) is 135 cm³/mol. The molecule has 3 rings (SSSR count). The first kappa shape index (κ1) is 25.8. The van der Waals surface area contributed by atoms with Crippen LogP contribution in [0.5, 0.6) is 5.75 Å². The summed E-state index contributed by atoms with van der Waals surface area (Å²) in [5.74, 6) is 1.92. The monoisotopic (exact) mass is 565 g/mol. The third kappa shape index (κ3) is 7.57. The lowest BCUT2D eigenvalue weighted by Gasteiger charge is -2.23. The van der Waals surface area contributed by atoms with Crippen LogP contribution in [0.4, 0.5) is 5.69 Å². The first-order valence-corrected chi connectivity index (χ1v) is 10.7. The zero-order valence-corrected chi connectivity index (χ0v) is 21.5. The molecule has 2 heterocycles. The van der Waals surface area contributed by atoms with Crippen molar-refractivity contribution >= 4 is 53.1 Å². The van der Waals surface area contributed by atoms with Gasteiger partial charge in [-0.05, 0) is 31.0 Å². The molecule has 1 amide bonds. The smallest absolute Gasteiger partial charge is 0.243 e. The zero-order chi connectivity index (χ0) is 21.5. The van der Waals surface area contributed by atoms with Crippen LogP contribution in [-0.4, -0.2) is 83.4 Å². The highest BCUT2D eigenvalue weighted by molar-refractivity contribution is 14.0. The van der Waals surface area contributed by atoms with Gasteiger partial charge in [0.2, 0.25) is 5.91 Å². The minimum atomic E-state index is -0.0305. The molecule has 2 N–H and O–H groups in total. The number of guanidine groups is 1. The molecule has 2 fully saturated rings. The molecule has 2 atom stereocenters. The van der Waals surface area contributed by atoms with Crippen LogP contribution in [0.15, 0.2) is 23.2 Å². The number of amides is 1. The number of nitrogens with one attached hydrogen (secondary N) is 2. The number of carbonyl (C=O) groups is 1. The van der Waals surface area contributed by atoms with Gasteiger partial charge in [-0.1, -0.05) is 11.6 Å². The number of rotatable bonds is 7. The molecular weight excluding hydrogens is 533 g/mol. The van der Waals surface area contributed by atoms with Crippen LogP contribution in [0.3, 0.4) is 0 Å². The number of nitrogens with zero attached hydrogens (tertiary/aromatic N) is 3. The van der Waals surface area contributed by atoms with Crippen molar-refractivity contribution in [2.75, 3.05) is 65.5 Å². The fourth-order valence-electron chi connectivity index (χ4n) is 3.63. The molecule has 2 aliphatic heterocycles. The Balaban J connectivity index is 0.00000341. The summed E-state index contributed by atoms with van der Waals surface area (Å²) in [5.41, 5.74) is 0.992. The van der Waals surface area contributed by atoms with Gasteiger partial charge in [0.15, 0.2) is 5.96 Å². The fraction of sp³-hybridized carbons (Fsp3) is 0.619. The molecule has 0 aliphatic carbocycles. The van der Waals surface area contributed by atoms with Crippen molar-refractivity contribution in [3.8, 4) is 5.75 Å². The van der Waals surface area contributed by atoms with Crippen molar-refractivity contribution < 1.29 is 14.3 Å². The largest absolute Gasteiger partial charge is 0.495 e. The molecule has 8 nitrogen and oxygen atoms in total. The Hall–Kier alpha value is -1.46. The van der Waals surface area contributed by atoms with Gasteiger partial charge in [0.1, 0.15) is 12.3 Å². The summed E-state index contributed by atoms with van der Waals surface area (Å²) in [7, 11) is 5.14. The highest BCUT2D eigenvalue weighted by Crippen LogP contribution is 2.33. The van der Waals surface area contributed by atoms with E-state index in [1.165, 1.54) is 0 Å². The third-order valence-corrected chi connectivity index (χ3v) is 5.70. The number of halogens is 2. The van der Waals surface area contributed by atoms with E-state index >= 15 is 0 Å². The molecule has 2 unspecified atom stereocenters. The van der Waals surface area contributed by atoms with Crippen LogP contribution in [-0.2, 0) is 9.53 Å². The van der Waals surface area contributed by atoms with Gasteiger partial charge >= 0.3 is 0 Å². The first-order valence-electron chi connectivity index (χ1n) is 10.4. The second-order valence-electron chi connectivity index (χ2n) is 7.96. The number of methoxy groups -OCH3 is 1. The van der Waals surface area contributed by atoms with Crippen molar-refractivity contribution in [2.45, 2.75) is 18.9 Å². The molecule has 2 saturated heterocycles. The van der Waals surface area contributed by atoms with Gasteiger partial charge in [-0.3, -0.25) is 4.79 Å². The van der Waals surface area contributed by atoms with Gasteiger partial charge in [0.25, 0.3) is 0 Å². The second-order valence-corrected chi connectivity index (χ2v) is 8.39. The number of hydrogen-bond acceptors (Lipinski definition) is 5.